The van der Waals surface area contributed by atoms with E-state index in [1.165, 1.54) is 6.08 Å². The summed E-state index contributed by atoms with van der Waals surface area (Å²) in [6.07, 6.45) is 0.955. The molecule has 33 heavy (non-hydrogen) atoms. The van der Waals surface area contributed by atoms with E-state index in [4.69, 9.17) is 0 Å². The van der Waals surface area contributed by atoms with Crippen molar-refractivity contribution in [3.63, 3.8) is 0 Å². The van der Waals surface area contributed by atoms with Crippen molar-refractivity contribution in [1.29, 1.82) is 0 Å². The summed E-state index contributed by atoms with van der Waals surface area (Å²) >= 11 is 0. The number of aliphatic hydroxyl groups excluding tert-OH is 1. The highest BCUT2D eigenvalue weighted by atomic mass is 16.4. The van der Waals surface area contributed by atoms with E-state index < -0.39 is 22.8 Å². The van der Waals surface area contributed by atoms with Gasteiger partial charge in [0.2, 0.25) is 0 Å². The highest BCUT2D eigenvalue weighted by Crippen LogP contribution is 2.49. The number of aliphatic carboxylic acids is 2. The minimum atomic E-state index is -1.67. The van der Waals surface area contributed by atoms with Gasteiger partial charge in [-0.2, -0.15) is 0 Å². The lowest BCUT2D eigenvalue weighted by Crippen LogP contribution is -2.49. The van der Waals surface area contributed by atoms with Crippen molar-refractivity contribution < 1.29 is 24.9 Å². The summed E-state index contributed by atoms with van der Waals surface area (Å²) in [5, 5.41) is 31.4. The summed E-state index contributed by atoms with van der Waals surface area (Å²) in [5.41, 5.74) is -0.438. The molecular formula is C28H34O5. The molecule has 0 spiro atoms. The predicted molar refractivity (Wildman–Crippen MR) is 129 cm³/mol. The van der Waals surface area contributed by atoms with Crippen LogP contribution in [-0.2, 0) is 31.2 Å². The first-order valence-corrected chi connectivity index (χ1v) is 11.2. The van der Waals surface area contributed by atoms with Gasteiger partial charge in [0.25, 0.3) is 0 Å². The average molecular weight is 451 g/mol. The Balaban J connectivity index is 2.17. The van der Waals surface area contributed by atoms with Crippen molar-refractivity contribution in [1.82, 2.24) is 0 Å². The SMILES string of the molecule is CC(C)(C)c1ccc(C2(C(=O)O)C=C(O)CC(C(=O)O)(c3ccc(C(C)(C)C)cc3)C2)cc1. The summed E-state index contributed by atoms with van der Waals surface area (Å²) in [5.74, 6) is -2.57. The first-order valence-electron chi connectivity index (χ1n) is 11.2. The molecule has 2 aromatic rings. The minimum absolute atomic E-state index is 0.108. The molecule has 2 aromatic carbocycles. The standard InChI is InChI=1S/C28H34O5/c1-25(2,3)18-7-11-20(12-8-18)27(23(30)31)15-22(29)16-28(17-27,24(32)33)21-13-9-19(10-14-21)26(4,5)6/h7-15,29H,16-17H2,1-6H3,(H,30,31)(H,32,33). The molecule has 0 aromatic heterocycles. The summed E-state index contributed by atoms with van der Waals surface area (Å²) in [6, 6.07) is 14.5. The van der Waals surface area contributed by atoms with Gasteiger partial charge < -0.3 is 15.3 Å². The van der Waals surface area contributed by atoms with Gasteiger partial charge in [-0.3, -0.25) is 9.59 Å². The van der Waals surface area contributed by atoms with Crippen molar-refractivity contribution in [2.24, 2.45) is 0 Å². The number of hydrogen-bond acceptors (Lipinski definition) is 3. The van der Waals surface area contributed by atoms with Gasteiger partial charge in [-0.05, 0) is 45.6 Å². The minimum Gasteiger partial charge on any atom is -0.513 e. The van der Waals surface area contributed by atoms with Gasteiger partial charge in [-0.1, -0.05) is 90.1 Å². The van der Waals surface area contributed by atoms with E-state index in [9.17, 15) is 24.9 Å². The van der Waals surface area contributed by atoms with Crippen LogP contribution in [0.1, 0.15) is 76.6 Å². The van der Waals surface area contributed by atoms with Crippen molar-refractivity contribution in [3.8, 4) is 0 Å². The molecule has 0 aliphatic heterocycles. The highest BCUT2D eigenvalue weighted by Gasteiger charge is 2.55. The molecule has 5 heteroatoms. The first-order chi connectivity index (χ1) is 15.1. The fourth-order valence-electron chi connectivity index (χ4n) is 4.72. The molecule has 3 N–H and O–H groups in total. The predicted octanol–water partition coefficient (Wildman–Crippen LogP) is 5.86. The van der Waals surface area contributed by atoms with E-state index in [-0.39, 0.29) is 29.4 Å². The van der Waals surface area contributed by atoms with Crippen LogP contribution in [0.3, 0.4) is 0 Å². The van der Waals surface area contributed by atoms with E-state index in [1.807, 2.05) is 24.3 Å². The molecule has 0 saturated carbocycles. The van der Waals surface area contributed by atoms with Crippen LogP contribution in [0.2, 0.25) is 0 Å². The van der Waals surface area contributed by atoms with E-state index in [0.29, 0.717) is 11.1 Å². The molecule has 176 valence electrons. The normalized spacial score (nSPS) is 23.6. The van der Waals surface area contributed by atoms with Gasteiger partial charge in [0.1, 0.15) is 10.8 Å². The zero-order valence-electron chi connectivity index (χ0n) is 20.3. The van der Waals surface area contributed by atoms with Crippen molar-refractivity contribution >= 4 is 11.9 Å². The highest BCUT2D eigenvalue weighted by molar-refractivity contribution is 5.89. The summed E-state index contributed by atoms with van der Waals surface area (Å²) < 4.78 is 0. The number of carboxylic acids is 2. The lowest BCUT2D eigenvalue weighted by Gasteiger charge is -2.41. The smallest absolute Gasteiger partial charge is 0.318 e. The molecule has 5 nitrogen and oxygen atoms in total. The topological polar surface area (TPSA) is 94.8 Å². The second kappa shape index (κ2) is 8.05. The van der Waals surface area contributed by atoms with E-state index in [2.05, 4.69) is 41.5 Å². The van der Waals surface area contributed by atoms with E-state index in [0.717, 1.165) is 11.1 Å². The molecule has 0 heterocycles. The summed E-state index contributed by atoms with van der Waals surface area (Å²) in [7, 11) is 0. The van der Waals surface area contributed by atoms with Crippen LogP contribution in [0.4, 0.5) is 0 Å². The Labute approximate surface area is 195 Å². The molecule has 3 rings (SSSR count). The van der Waals surface area contributed by atoms with Crippen molar-refractivity contribution in [2.75, 3.05) is 0 Å². The third kappa shape index (κ3) is 4.41. The molecule has 0 saturated heterocycles. The van der Waals surface area contributed by atoms with Crippen molar-refractivity contribution in [2.45, 2.75) is 76.0 Å². The van der Waals surface area contributed by atoms with Crippen LogP contribution in [0.5, 0.6) is 0 Å². The van der Waals surface area contributed by atoms with Gasteiger partial charge in [0, 0.05) is 6.42 Å². The lowest BCUT2D eigenvalue weighted by atomic mass is 9.59. The Hall–Kier alpha value is -3.08. The fourth-order valence-corrected chi connectivity index (χ4v) is 4.72. The summed E-state index contributed by atoms with van der Waals surface area (Å²) in [4.78, 5) is 25.4. The number of carbonyl (C=O) groups is 2. The maximum atomic E-state index is 12.7. The fraction of sp³-hybridized carbons (Fsp3) is 0.429. The number of rotatable bonds is 4. The monoisotopic (exact) mass is 450 g/mol. The molecule has 0 bridgehead atoms. The number of allylic oxidation sites excluding steroid dienone is 1. The van der Waals surface area contributed by atoms with Gasteiger partial charge >= 0.3 is 11.9 Å². The molecule has 1 aliphatic rings. The van der Waals surface area contributed by atoms with Gasteiger partial charge in [-0.15, -0.1) is 0 Å². The average Bonchev–Trinajstić information content (AvgIpc) is 2.71. The Morgan fingerprint density at radius 2 is 1.15 bits per heavy atom. The number of carboxylic acid groups (broad SMARTS) is 2. The Bertz CT molecular complexity index is 1080. The Morgan fingerprint density at radius 3 is 1.52 bits per heavy atom. The number of hydrogen-bond donors (Lipinski definition) is 3. The molecule has 2 unspecified atom stereocenters. The maximum absolute atomic E-state index is 12.7. The molecular weight excluding hydrogens is 416 g/mol. The number of benzene rings is 2. The van der Waals surface area contributed by atoms with Crippen LogP contribution in [0.15, 0.2) is 60.4 Å². The van der Waals surface area contributed by atoms with Gasteiger partial charge in [-0.25, -0.2) is 0 Å². The zero-order valence-corrected chi connectivity index (χ0v) is 20.3. The van der Waals surface area contributed by atoms with Gasteiger partial charge in [0.15, 0.2) is 0 Å². The third-order valence-corrected chi connectivity index (χ3v) is 6.84. The second-order valence-electron chi connectivity index (χ2n) is 11.3. The Kier molecular flexibility index (Phi) is 5.99. The van der Waals surface area contributed by atoms with E-state index in [1.54, 1.807) is 24.3 Å². The zero-order chi connectivity index (χ0) is 24.8. The van der Waals surface area contributed by atoms with E-state index >= 15 is 0 Å². The van der Waals surface area contributed by atoms with Crippen molar-refractivity contribution in [3.05, 3.63) is 82.6 Å². The molecule has 0 radical (unpaired) electrons. The first kappa shape index (κ1) is 24.6. The van der Waals surface area contributed by atoms with Crippen LogP contribution >= 0.6 is 0 Å². The third-order valence-electron chi connectivity index (χ3n) is 6.84. The maximum Gasteiger partial charge on any atom is 0.318 e. The Morgan fingerprint density at radius 1 is 0.727 bits per heavy atom. The molecule has 0 fully saturated rings. The molecule has 1 aliphatic carbocycles. The van der Waals surface area contributed by atoms with Crippen LogP contribution < -0.4 is 0 Å². The lowest BCUT2D eigenvalue weighted by molar-refractivity contribution is -0.149. The quantitative estimate of drug-likeness (QED) is 0.542. The van der Waals surface area contributed by atoms with Gasteiger partial charge in [0.05, 0.1) is 5.76 Å². The molecule has 2 atom stereocenters. The van der Waals surface area contributed by atoms with Crippen LogP contribution in [-0.4, -0.2) is 27.3 Å². The summed E-state index contributed by atoms with van der Waals surface area (Å²) in [6.45, 7) is 12.4. The second-order valence-corrected chi connectivity index (χ2v) is 11.3. The van der Waals surface area contributed by atoms with Crippen LogP contribution in [0.25, 0.3) is 0 Å². The van der Waals surface area contributed by atoms with Crippen LogP contribution in [0, 0.1) is 0 Å². The molecule has 0 amide bonds. The number of aliphatic hydroxyl groups is 1. The largest absolute Gasteiger partial charge is 0.513 e.